The molecular formula is C9H14N2O2S. The van der Waals surface area contributed by atoms with Gasteiger partial charge in [0, 0.05) is 13.1 Å². The predicted molar refractivity (Wildman–Crippen MR) is 56.6 cm³/mol. The summed E-state index contributed by atoms with van der Waals surface area (Å²) in [5.74, 6) is 0.318. The summed E-state index contributed by atoms with van der Waals surface area (Å²) < 4.78 is 4.65. The van der Waals surface area contributed by atoms with Crippen LogP contribution in [0.4, 0.5) is 4.79 Å². The molecule has 4 nitrogen and oxygen atoms in total. The summed E-state index contributed by atoms with van der Waals surface area (Å²) >= 11 is 4.57. The van der Waals surface area contributed by atoms with Crippen molar-refractivity contribution in [1.29, 1.82) is 0 Å². The molecule has 2 atom stereocenters. The number of ether oxygens (including phenoxy) is 1. The van der Waals surface area contributed by atoms with Gasteiger partial charge in [-0.05, 0) is 24.6 Å². The number of thiocarbonyl (C=S) groups is 1. The second-order valence-electron chi connectivity index (χ2n) is 3.47. The quantitative estimate of drug-likeness (QED) is 0.491. The SMILES string of the molecule is COC(=O)N1CC[C@@H](N=C=S)[C@@H](C)C1. The molecule has 0 aromatic rings. The average molecular weight is 214 g/mol. The summed E-state index contributed by atoms with van der Waals surface area (Å²) in [6.45, 7) is 3.41. The van der Waals surface area contributed by atoms with Gasteiger partial charge in [-0.2, -0.15) is 0 Å². The van der Waals surface area contributed by atoms with Crippen LogP contribution in [-0.2, 0) is 4.74 Å². The highest BCUT2D eigenvalue weighted by Crippen LogP contribution is 2.19. The molecule has 0 aromatic heterocycles. The molecule has 0 saturated carbocycles. The number of nitrogens with zero attached hydrogens (tertiary/aromatic N) is 2. The van der Waals surface area contributed by atoms with Crippen molar-refractivity contribution < 1.29 is 9.53 Å². The Hall–Kier alpha value is -0.930. The Morgan fingerprint density at radius 1 is 1.71 bits per heavy atom. The Morgan fingerprint density at radius 3 is 2.93 bits per heavy atom. The minimum absolute atomic E-state index is 0.202. The summed E-state index contributed by atoms with van der Waals surface area (Å²) in [7, 11) is 1.40. The number of carbonyl (C=O) groups excluding carboxylic acids is 1. The van der Waals surface area contributed by atoms with Gasteiger partial charge in [0.05, 0.1) is 18.3 Å². The molecule has 0 bridgehead atoms. The normalized spacial score (nSPS) is 26.6. The van der Waals surface area contributed by atoms with E-state index in [1.54, 1.807) is 4.90 Å². The third kappa shape index (κ3) is 2.53. The molecule has 0 aromatic carbocycles. The first-order chi connectivity index (χ1) is 6.69. The van der Waals surface area contributed by atoms with E-state index in [9.17, 15) is 4.79 Å². The second-order valence-corrected chi connectivity index (χ2v) is 3.65. The first kappa shape index (κ1) is 11.1. The molecule has 1 fully saturated rings. The molecule has 1 heterocycles. The first-order valence-corrected chi connectivity index (χ1v) is 4.99. The van der Waals surface area contributed by atoms with Crippen molar-refractivity contribution in [2.24, 2.45) is 10.9 Å². The number of methoxy groups -OCH3 is 1. The van der Waals surface area contributed by atoms with E-state index in [-0.39, 0.29) is 12.1 Å². The lowest BCUT2D eigenvalue weighted by Gasteiger charge is -2.33. The van der Waals surface area contributed by atoms with Gasteiger partial charge in [-0.25, -0.2) is 9.79 Å². The third-order valence-corrected chi connectivity index (χ3v) is 2.62. The molecule has 5 heteroatoms. The first-order valence-electron chi connectivity index (χ1n) is 4.59. The van der Waals surface area contributed by atoms with Gasteiger partial charge >= 0.3 is 6.09 Å². The van der Waals surface area contributed by atoms with Gasteiger partial charge in [0.15, 0.2) is 0 Å². The van der Waals surface area contributed by atoms with E-state index >= 15 is 0 Å². The maximum absolute atomic E-state index is 11.2. The van der Waals surface area contributed by atoms with E-state index in [0.29, 0.717) is 19.0 Å². The lowest BCUT2D eigenvalue weighted by atomic mass is 9.95. The minimum Gasteiger partial charge on any atom is -0.453 e. The summed E-state index contributed by atoms with van der Waals surface area (Å²) in [6, 6.07) is 0.202. The van der Waals surface area contributed by atoms with Crippen LogP contribution in [-0.4, -0.2) is 42.4 Å². The number of likely N-dealkylation sites (tertiary alicyclic amines) is 1. The molecule has 1 amide bonds. The number of rotatable bonds is 1. The van der Waals surface area contributed by atoms with E-state index in [1.807, 2.05) is 0 Å². The van der Waals surface area contributed by atoms with Gasteiger partial charge < -0.3 is 9.64 Å². The Bertz CT molecular complexity index is 264. The third-order valence-electron chi connectivity index (χ3n) is 2.51. The van der Waals surface area contributed by atoms with Crippen molar-refractivity contribution in [2.45, 2.75) is 19.4 Å². The van der Waals surface area contributed by atoms with Gasteiger partial charge in [0.1, 0.15) is 0 Å². The number of aliphatic imine (C=N–C) groups is 1. The van der Waals surface area contributed by atoms with Crippen LogP contribution in [0, 0.1) is 5.92 Å². The van der Waals surface area contributed by atoms with Crippen LogP contribution >= 0.6 is 12.2 Å². The standard InChI is InChI=1S/C9H14N2O2S/c1-7-5-11(9(12)13-2)4-3-8(7)10-6-14/h7-8H,3-5H2,1-2H3/t7-,8+/m0/s1. The van der Waals surface area contributed by atoms with Crippen molar-refractivity contribution >= 4 is 23.5 Å². The summed E-state index contributed by atoms with van der Waals surface area (Å²) in [5.41, 5.74) is 0. The molecule has 1 rings (SSSR count). The number of carbonyl (C=O) groups is 1. The molecule has 78 valence electrons. The van der Waals surface area contributed by atoms with Crippen molar-refractivity contribution in [1.82, 2.24) is 4.90 Å². The Morgan fingerprint density at radius 2 is 2.43 bits per heavy atom. The van der Waals surface area contributed by atoms with Crippen LogP contribution in [0.25, 0.3) is 0 Å². The second kappa shape index (κ2) is 5.08. The van der Waals surface area contributed by atoms with Crippen LogP contribution in [0.5, 0.6) is 0 Å². The van der Waals surface area contributed by atoms with E-state index in [2.05, 4.69) is 34.0 Å². The summed E-state index contributed by atoms with van der Waals surface area (Å²) in [6.07, 6.45) is 0.571. The number of piperidine rings is 1. The lowest BCUT2D eigenvalue weighted by molar-refractivity contribution is 0.0998. The molecule has 14 heavy (non-hydrogen) atoms. The van der Waals surface area contributed by atoms with Gasteiger partial charge in [-0.3, -0.25) is 0 Å². The molecule has 0 N–H and O–H groups in total. The minimum atomic E-state index is -0.262. The zero-order valence-electron chi connectivity index (χ0n) is 8.40. The number of hydrogen-bond donors (Lipinski definition) is 0. The maximum atomic E-state index is 11.2. The van der Waals surface area contributed by atoms with E-state index in [4.69, 9.17) is 0 Å². The fourth-order valence-electron chi connectivity index (χ4n) is 1.69. The van der Waals surface area contributed by atoms with E-state index < -0.39 is 0 Å². The van der Waals surface area contributed by atoms with Crippen LogP contribution < -0.4 is 0 Å². The van der Waals surface area contributed by atoms with Gasteiger partial charge in [-0.15, -0.1) is 0 Å². The van der Waals surface area contributed by atoms with E-state index in [0.717, 1.165) is 6.42 Å². The maximum Gasteiger partial charge on any atom is 0.409 e. The summed E-state index contributed by atoms with van der Waals surface area (Å²) in [5, 5.41) is 2.40. The van der Waals surface area contributed by atoms with Gasteiger partial charge in [0.25, 0.3) is 0 Å². The number of amides is 1. The topological polar surface area (TPSA) is 41.9 Å². The zero-order valence-corrected chi connectivity index (χ0v) is 9.21. The van der Waals surface area contributed by atoms with Crippen molar-refractivity contribution in [3.63, 3.8) is 0 Å². The van der Waals surface area contributed by atoms with Crippen LogP contribution in [0.2, 0.25) is 0 Å². The molecule has 0 unspecified atom stereocenters. The summed E-state index contributed by atoms with van der Waals surface area (Å²) in [4.78, 5) is 17.0. The monoisotopic (exact) mass is 214 g/mol. The highest BCUT2D eigenvalue weighted by atomic mass is 32.1. The highest BCUT2D eigenvalue weighted by Gasteiger charge is 2.28. The zero-order chi connectivity index (χ0) is 10.6. The van der Waals surface area contributed by atoms with Gasteiger partial charge in [-0.1, -0.05) is 6.92 Å². The Labute approximate surface area is 88.9 Å². The molecule has 1 saturated heterocycles. The van der Waals surface area contributed by atoms with E-state index in [1.165, 1.54) is 7.11 Å². The van der Waals surface area contributed by atoms with Gasteiger partial charge in [0.2, 0.25) is 0 Å². The van der Waals surface area contributed by atoms with Crippen LogP contribution in [0.15, 0.2) is 4.99 Å². The molecule has 0 radical (unpaired) electrons. The molecule has 0 aliphatic carbocycles. The molecular weight excluding hydrogens is 200 g/mol. The fraction of sp³-hybridized carbons (Fsp3) is 0.778. The van der Waals surface area contributed by atoms with Crippen LogP contribution in [0.3, 0.4) is 0 Å². The predicted octanol–water partition coefficient (Wildman–Crippen LogP) is 1.57. The molecule has 0 spiro atoms. The number of hydrogen-bond acceptors (Lipinski definition) is 4. The smallest absolute Gasteiger partial charge is 0.409 e. The lowest BCUT2D eigenvalue weighted by Crippen LogP contribution is -2.44. The Balaban J connectivity index is 2.54. The molecule has 1 aliphatic rings. The van der Waals surface area contributed by atoms with Crippen molar-refractivity contribution in [2.75, 3.05) is 20.2 Å². The molecule has 1 aliphatic heterocycles. The number of isothiocyanates is 1. The fourth-order valence-corrected chi connectivity index (χ4v) is 1.82. The highest BCUT2D eigenvalue weighted by molar-refractivity contribution is 7.78. The van der Waals surface area contributed by atoms with Crippen molar-refractivity contribution in [3.8, 4) is 0 Å². The average Bonchev–Trinajstić information content (AvgIpc) is 2.20. The largest absolute Gasteiger partial charge is 0.453 e. The van der Waals surface area contributed by atoms with Crippen LogP contribution in [0.1, 0.15) is 13.3 Å². The Kier molecular flexibility index (Phi) is 4.04. The van der Waals surface area contributed by atoms with Crippen molar-refractivity contribution in [3.05, 3.63) is 0 Å².